The summed E-state index contributed by atoms with van der Waals surface area (Å²) in [6.45, 7) is 1.21. The van der Waals surface area contributed by atoms with E-state index in [0.29, 0.717) is 11.8 Å². The van der Waals surface area contributed by atoms with Crippen molar-refractivity contribution in [2.24, 2.45) is 0 Å². The average Bonchev–Trinajstić information content (AvgIpc) is 2.66. The van der Waals surface area contributed by atoms with Crippen LogP contribution in [0.15, 0.2) is 11.3 Å². The predicted molar refractivity (Wildman–Crippen MR) is 54.8 cm³/mol. The van der Waals surface area contributed by atoms with Gasteiger partial charge >= 0.3 is 0 Å². The van der Waals surface area contributed by atoms with Crippen LogP contribution in [0.4, 0.5) is 0 Å². The summed E-state index contributed by atoms with van der Waals surface area (Å²) in [6.07, 6.45) is 8.06. The van der Waals surface area contributed by atoms with E-state index in [1.807, 2.05) is 0 Å². The van der Waals surface area contributed by atoms with Gasteiger partial charge in [0.05, 0.1) is 0 Å². The van der Waals surface area contributed by atoms with Crippen LogP contribution in [0.5, 0.6) is 0 Å². The van der Waals surface area contributed by atoms with Gasteiger partial charge in [0, 0.05) is 30.3 Å². The molecule has 0 bridgehead atoms. The second kappa shape index (κ2) is 3.11. The zero-order chi connectivity index (χ0) is 9.54. The number of hydrogen-bond acceptors (Lipinski definition) is 2. The molecule has 3 rings (SSSR count). The van der Waals surface area contributed by atoms with Gasteiger partial charge in [-0.25, -0.2) is 0 Å². The van der Waals surface area contributed by atoms with Crippen LogP contribution < -0.4 is 0 Å². The predicted octanol–water partition coefficient (Wildman–Crippen LogP) is 2.25. The maximum Gasteiger partial charge on any atom is 0.162 e. The molecule has 1 fully saturated rings. The zero-order valence-corrected chi connectivity index (χ0v) is 8.59. The Kier molecular flexibility index (Phi) is 1.89. The standard InChI is InChI=1S/C12H17NO/c14-12-8-9-4-3-7-13(9)11-6-2-1-5-10(11)12/h9H,1-8H2. The molecule has 2 heterocycles. The normalized spacial score (nSPS) is 31.9. The molecule has 1 saturated heterocycles. The van der Waals surface area contributed by atoms with Gasteiger partial charge in [-0.3, -0.25) is 4.79 Å². The van der Waals surface area contributed by atoms with E-state index in [1.54, 1.807) is 0 Å². The second-order valence-electron chi connectivity index (χ2n) is 4.75. The van der Waals surface area contributed by atoms with Crippen LogP contribution >= 0.6 is 0 Å². The van der Waals surface area contributed by atoms with E-state index in [-0.39, 0.29) is 0 Å². The van der Waals surface area contributed by atoms with Crippen LogP contribution in [0, 0.1) is 0 Å². The Balaban J connectivity index is 2.00. The number of carbonyl (C=O) groups excluding carboxylic acids is 1. The number of hydrogen-bond donors (Lipinski definition) is 0. The summed E-state index contributed by atoms with van der Waals surface area (Å²) in [6, 6.07) is 0.569. The number of rotatable bonds is 0. The van der Waals surface area contributed by atoms with Crippen LogP contribution in [0.3, 0.4) is 0 Å². The average molecular weight is 191 g/mol. The summed E-state index contributed by atoms with van der Waals surface area (Å²) >= 11 is 0. The number of nitrogens with zero attached hydrogens (tertiary/aromatic N) is 1. The Morgan fingerprint density at radius 1 is 1.14 bits per heavy atom. The Morgan fingerprint density at radius 3 is 2.93 bits per heavy atom. The first kappa shape index (κ1) is 8.51. The third-order valence-corrected chi connectivity index (χ3v) is 3.92. The molecule has 0 aromatic carbocycles. The maximum atomic E-state index is 11.9. The van der Waals surface area contributed by atoms with Gasteiger partial charge in [0.25, 0.3) is 0 Å². The molecule has 0 saturated carbocycles. The fourth-order valence-corrected chi connectivity index (χ4v) is 3.25. The summed E-state index contributed by atoms with van der Waals surface area (Å²) in [5, 5.41) is 0. The topological polar surface area (TPSA) is 20.3 Å². The fourth-order valence-electron chi connectivity index (χ4n) is 3.25. The maximum absolute atomic E-state index is 11.9. The molecule has 0 aromatic heterocycles. The smallest absolute Gasteiger partial charge is 0.162 e. The van der Waals surface area contributed by atoms with Gasteiger partial charge in [-0.15, -0.1) is 0 Å². The van der Waals surface area contributed by atoms with Crippen molar-refractivity contribution in [3.63, 3.8) is 0 Å². The van der Waals surface area contributed by atoms with Gasteiger partial charge in [0.1, 0.15) is 0 Å². The quantitative estimate of drug-likeness (QED) is 0.585. The van der Waals surface area contributed by atoms with E-state index in [2.05, 4.69) is 4.90 Å². The highest BCUT2D eigenvalue weighted by Gasteiger charge is 2.36. The molecule has 0 radical (unpaired) electrons. The Labute approximate surface area is 85.0 Å². The van der Waals surface area contributed by atoms with E-state index >= 15 is 0 Å². The molecule has 1 aliphatic carbocycles. The molecule has 3 aliphatic rings. The number of allylic oxidation sites excluding steroid dienone is 2. The zero-order valence-electron chi connectivity index (χ0n) is 8.59. The Hall–Kier alpha value is -0.790. The van der Waals surface area contributed by atoms with E-state index < -0.39 is 0 Å². The number of carbonyl (C=O) groups is 1. The monoisotopic (exact) mass is 191 g/mol. The molecule has 14 heavy (non-hydrogen) atoms. The first-order valence-electron chi connectivity index (χ1n) is 5.88. The third-order valence-electron chi connectivity index (χ3n) is 3.92. The molecule has 0 aromatic rings. The van der Waals surface area contributed by atoms with E-state index in [9.17, 15) is 4.79 Å². The highest BCUT2D eigenvalue weighted by Crippen LogP contribution is 2.38. The summed E-state index contributed by atoms with van der Waals surface area (Å²) in [7, 11) is 0. The van der Waals surface area contributed by atoms with Gasteiger partial charge in [-0.05, 0) is 38.5 Å². The third kappa shape index (κ3) is 1.13. The van der Waals surface area contributed by atoms with Crippen molar-refractivity contribution in [1.82, 2.24) is 4.90 Å². The summed E-state index contributed by atoms with van der Waals surface area (Å²) in [5.41, 5.74) is 2.62. The summed E-state index contributed by atoms with van der Waals surface area (Å²) in [4.78, 5) is 14.4. The SMILES string of the molecule is O=C1CC2CCCN2C2=C1CCCC2. The van der Waals surface area contributed by atoms with Crippen LogP contribution in [-0.4, -0.2) is 23.3 Å². The molecule has 0 N–H and O–H groups in total. The second-order valence-corrected chi connectivity index (χ2v) is 4.75. The van der Waals surface area contributed by atoms with Crippen LogP contribution in [0.2, 0.25) is 0 Å². The van der Waals surface area contributed by atoms with Gasteiger partial charge < -0.3 is 4.90 Å². The first-order valence-corrected chi connectivity index (χ1v) is 5.88. The summed E-state index contributed by atoms with van der Waals surface area (Å²) < 4.78 is 0. The van der Waals surface area contributed by atoms with Crippen molar-refractivity contribution in [2.45, 2.75) is 51.0 Å². The lowest BCUT2D eigenvalue weighted by atomic mass is 9.86. The van der Waals surface area contributed by atoms with Gasteiger partial charge in [-0.2, -0.15) is 0 Å². The highest BCUT2D eigenvalue weighted by molar-refractivity contribution is 5.97. The van der Waals surface area contributed by atoms with E-state index in [1.165, 1.54) is 43.5 Å². The van der Waals surface area contributed by atoms with Crippen molar-refractivity contribution in [3.8, 4) is 0 Å². The minimum Gasteiger partial charge on any atom is -0.371 e. The molecule has 2 heteroatoms. The van der Waals surface area contributed by atoms with Crippen molar-refractivity contribution >= 4 is 5.78 Å². The molecule has 2 nitrogen and oxygen atoms in total. The minimum absolute atomic E-state index is 0.461. The fraction of sp³-hybridized carbons (Fsp3) is 0.750. The molecule has 0 spiro atoms. The number of fused-ring (bicyclic) bond motifs is 2. The molecule has 1 atom stereocenters. The first-order chi connectivity index (χ1) is 6.86. The minimum atomic E-state index is 0.461. The van der Waals surface area contributed by atoms with E-state index in [4.69, 9.17) is 0 Å². The van der Waals surface area contributed by atoms with Gasteiger partial charge in [0.2, 0.25) is 0 Å². The lowest BCUT2D eigenvalue weighted by Crippen LogP contribution is -2.38. The number of ketones is 1. The van der Waals surface area contributed by atoms with Gasteiger partial charge in [-0.1, -0.05) is 0 Å². The van der Waals surface area contributed by atoms with Crippen molar-refractivity contribution in [3.05, 3.63) is 11.3 Å². The Bertz CT molecular complexity index is 305. The van der Waals surface area contributed by atoms with E-state index in [0.717, 1.165) is 19.3 Å². The van der Waals surface area contributed by atoms with Crippen LogP contribution in [0.25, 0.3) is 0 Å². The van der Waals surface area contributed by atoms with Crippen molar-refractivity contribution < 1.29 is 4.79 Å². The Morgan fingerprint density at radius 2 is 2.00 bits per heavy atom. The van der Waals surface area contributed by atoms with Crippen molar-refractivity contribution in [2.75, 3.05) is 6.54 Å². The molecule has 0 amide bonds. The van der Waals surface area contributed by atoms with Crippen molar-refractivity contribution in [1.29, 1.82) is 0 Å². The lowest BCUT2D eigenvalue weighted by molar-refractivity contribution is -0.117. The molecular weight excluding hydrogens is 174 g/mol. The molecule has 76 valence electrons. The molecule has 2 aliphatic heterocycles. The molecular formula is C12H17NO. The van der Waals surface area contributed by atoms with Crippen LogP contribution in [0.1, 0.15) is 44.9 Å². The lowest BCUT2D eigenvalue weighted by Gasteiger charge is -2.37. The highest BCUT2D eigenvalue weighted by atomic mass is 16.1. The number of Topliss-reactive ketones (excluding diaryl/α,β-unsaturated/α-hetero) is 1. The summed E-state index contributed by atoms with van der Waals surface area (Å²) in [5.74, 6) is 0.461. The largest absolute Gasteiger partial charge is 0.371 e. The van der Waals surface area contributed by atoms with Gasteiger partial charge in [0.15, 0.2) is 5.78 Å². The van der Waals surface area contributed by atoms with Crippen LogP contribution in [-0.2, 0) is 4.79 Å². The molecule has 1 unspecified atom stereocenters.